The van der Waals surface area contributed by atoms with E-state index < -0.39 is 0 Å². The lowest BCUT2D eigenvalue weighted by Crippen LogP contribution is -2.54. The first-order chi connectivity index (χ1) is 8.99. The highest BCUT2D eigenvalue weighted by Gasteiger charge is 2.32. The minimum atomic E-state index is -0.0483. The molecule has 0 N–H and O–H groups in total. The molecular weight excluding hydrogens is 252 g/mol. The predicted octanol–water partition coefficient (Wildman–Crippen LogP) is 3.22. The summed E-state index contributed by atoms with van der Waals surface area (Å²) < 4.78 is 0. The molecule has 4 nitrogen and oxygen atoms in total. The quantitative estimate of drug-likeness (QED) is 0.780. The Labute approximate surface area is 123 Å². The summed E-state index contributed by atoms with van der Waals surface area (Å²) in [6, 6.07) is 0. The van der Waals surface area contributed by atoms with Crippen LogP contribution in [0.3, 0.4) is 0 Å². The summed E-state index contributed by atoms with van der Waals surface area (Å²) >= 11 is 0. The van der Waals surface area contributed by atoms with Crippen LogP contribution in [0.25, 0.3) is 0 Å². The van der Waals surface area contributed by atoms with Crippen molar-refractivity contribution < 1.29 is 9.59 Å². The SMILES string of the molecule is CC(C)(C)CC(=O)N1CCCCN1C(=O)CC(C)(C)C. The second kappa shape index (κ2) is 6.15. The summed E-state index contributed by atoms with van der Waals surface area (Å²) in [4.78, 5) is 24.9. The second-order valence-corrected chi connectivity index (χ2v) is 8.22. The minimum Gasteiger partial charge on any atom is -0.273 e. The lowest BCUT2D eigenvalue weighted by molar-refractivity contribution is -0.170. The molecule has 20 heavy (non-hydrogen) atoms. The zero-order valence-corrected chi connectivity index (χ0v) is 14.0. The van der Waals surface area contributed by atoms with Crippen LogP contribution in [0.2, 0.25) is 0 Å². The van der Waals surface area contributed by atoms with Gasteiger partial charge in [-0.1, -0.05) is 41.5 Å². The number of carbonyl (C=O) groups excluding carboxylic acids is 2. The van der Waals surface area contributed by atoms with Gasteiger partial charge in [0.1, 0.15) is 0 Å². The van der Waals surface area contributed by atoms with E-state index in [1.54, 1.807) is 10.0 Å². The molecule has 0 bridgehead atoms. The molecule has 0 unspecified atom stereocenters. The summed E-state index contributed by atoms with van der Waals surface area (Å²) in [7, 11) is 0. The molecule has 0 aromatic heterocycles. The number of rotatable bonds is 2. The van der Waals surface area contributed by atoms with Crippen LogP contribution in [0.15, 0.2) is 0 Å². The van der Waals surface area contributed by atoms with Crippen LogP contribution in [0.1, 0.15) is 67.2 Å². The van der Waals surface area contributed by atoms with E-state index in [1.165, 1.54) is 0 Å². The van der Waals surface area contributed by atoms with Gasteiger partial charge in [0.25, 0.3) is 0 Å². The van der Waals surface area contributed by atoms with E-state index in [1.807, 2.05) is 0 Å². The lowest BCUT2D eigenvalue weighted by Gasteiger charge is -2.40. The molecule has 2 amide bonds. The summed E-state index contributed by atoms with van der Waals surface area (Å²) in [5, 5.41) is 3.37. The maximum Gasteiger partial charge on any atom is 0.241 e. The summed E-state index contributed by atoms with van der Waals surface area (Å²) in [6.45, 7) is 13.7. The fourth-order valence-corrected chi connectivity index (χ4v) is 2.37. The molecule has 0 aliphatic carbocycles. The third-order valence-corrected chi connectivity index (χ3v) is 3.22. The van der Waals surface area contributed by atoms with Crippen LogP contribution in [0.4, 0.5) is 0 Å². The van der Waals surface area contributed by atoms with Crippen LogP contribution in [0, 0.1) is 10.8 Å². The molecule has 1 rings (SSSR count). The van der Waals surface area contributed by atoms with E-state index in [-0.39, 0.29) is 22.6 Å². The van der Waals surface area contributed by atoms with E-state index in [0.717, 1.165) is 12.8 Å². The molecule has 1 aliphatic heterocycles. The minimum absolute atomic E-state index is 0.0483. The van der Waals surface area contributed by atoms with Crippen molar-refractivity contribution in [3.05, 3.63) is 0 Å². The zero-order valence-electron chi connectivity index (χ0n) is 14.0. The van der Waals surface area contributed by atoms with Crippen molar-refractivity contribution in [2.75, 3.05) is 13.1 Å². The maximum atomic E-state index is 12.4. The smallest absolute Gasteiger partial charge is 0.241 e. The van der Waals surface area contributed by atoms with Crippen molar-refractivity contribution in [1.82, 2.24) is 10.0 Å². The number of amides is 2. The Morgan fingerprint density at radius 1 is 0.750 bits per heavy atom. The van der Waals surface area contributed by atoms with Crippen molar-refractivity contribution in [3.63, 3.8) is 0 Å². The molecule has 116 valence electrons. The first-order valence-corrected chi connectivity index (χ1v) is 7.60. The standard InChI is InChI=1S/C16H30N2O2/c1-15(2,3)11-13(19)17-9-7-8-10-18(17)14(20)12-16(4,5)6/h7-12H2,1-6H3. The second-order valence-electron chi connectivity index (χ2n) is 8.22. The third kappa shape index (κ3) is 5.51. The molecule has 1 aliphatic rings. The van der Waals surface area contributed by atoms with Crippen molar-refractivity contribution in [2.45, 2.75) is 67.2 Å². The van der Waals surface area contributed by atoms with Gasteiger partial charge in [0.05, 0.1) is 0 Å². The highest BCUT2D eigenvalue weighted by atomic mass is 16.2. The maximum absolute atomic E-state index is 12.4. The Morgan fingerprint density at radius 2 is 1.05 bits per heavy atom. The number of nitrogens with zero attached hydrogens (tertiary/aromatic N) is 2. The highest BCUT2D eigenvalue weighted by molar-refractivity contribution is 5.83. The number of hydrazine groups is 1. The summed E-state index contributed by atoms with van der Waals surface area (Å²) in [5.74, 6) is 0.138. The Bertz CT molecular complexity index is 328. The molecule has 4 heteroatoms. The Kier molecular flexibility index (Phi) is 5.22. The van der Waals surface area contributed by atoms with E-state index in [9.17, 15) is 9.59 Å². The van der Waals surface area contributed by atoms with Crippen molar-refractivity contribution in [1.29, 1.82) is 0 Å². The molecular formula is C16H30N2O2. The topological polar surface area (TPSA) is 40.6 Å². The molecule has 0 atom stereocenters. The van der Waals surface area contributed by atoms with E-state index in [4.69, 9.17) is 0 Å². The van der Waals surface area contributed by atoms with Gasteiger partial charge in [0, 0.05) is 25.9 Å². The average molecular weight is 282 g/mol. The first kappa shape index (κ1) is 17.0. The predicted molar refractivity (Wildman–Crippen MR) is 80.8 cm³/mol. The van der Waals surface area contributed by atoms with Gasteiger partial charge in [-0.25, -0.2) is 0 Å². The van der Waals surface area contributed by atoms with Gasteiger partial charge in [-0.05, 0) is 23.7 Å². The van der Waals surface area contributed by atoms with E-state index in [0.29, 0.717) is 25.9 Å². The van der Waals surface area contributed by atoms with Crippen LogP contribution < -0.4 is 0 Å². The van der Waals surface area contributed by atoms with Gasteiger partial charge in [0.2, 0.25) is 11.8 Å². The van der Waals surface area contributed by atoms with Crippen molar-refractivity contribution in [2.24, 2.45) is 10.8 Å². The van der Waals surface area contributed by atoms with Gasteiger partial charge in [0.15, 0.2) is 0 Å². The van der Waals surface area contributed by atoms with E-state index in [2.05, 4.69) is 41.5 Å². The van der Waals surface area contributed by atoms with Crippen LogP contribution >= 0.6 is 0 Å². The van der Waals surface area contributed by atoms with Crippen molar-refractivity contribution >= 4 is 11.8 Å². The Morgan fingerprint density at radius 3 is 1.30 bits per heavy atom. The van der Waals surface area contributed by atoms with Gasteiger partial charge in [-0.2, -0.15) is 0 Å². The molecule has 1 saturated heterocycles. The monoisotopic (exact) mass is 282 g/mol. The number of carbonyl (C=O) groups is 2. The van der Waals surface area contributed by atoms with Crippen LogP contribution in [-0.4, -0.2) is 34.9 Å². The fourth-order valence-electron chi connectivity index (χ4n) is 2.37. The fraction of sp³-hybridized carbons (Fsp3) is 0.875. The normalized spacial score (nSPS) is 17.3. The molecule has 0 aromatic carbocycles. The summed E-state index contributed by atoms with van der Waals surface area (Å²) in [5.41, 5.74) is -0.0967. The largest absolute Gasteiger partial charge is 0.273 e. The third-order valence-electron chi connectivity index (χ3n) is 3.22. The van der Waals surface area contributed by atoms with Gasteiger partial charge in [-0.15, -0.1) is 0 Å². The number of hydrogen-bond acceptors (Lipinski definition) is 2. The molecule has 0 saturated carbocycles. The number of hydrogen-bond donors (Lipinski definition) is 0. The molecule has 0 radical (unpaired) electrons. The molecule has 0 aromatic rings. The molecule has 1 fully saturated rings. The Hall–Kier alpha value is -1.06. The zero-order chi connectivity index (χ0) is 15.6. The lowest BCUT2D eigenvalue weighted by atomic mass is 9.91. The van der Waals surface area contributed by atoms with Crippen molar-refractivity contribution in [3.8, 4) is 0 Å². The summed E-state index contributed by atoms with van der Waals surface area (Å²) in [6.07, 6.45) is 2.92. The van der Waals surface area contributed by atoms with Crippen LogP contribution in [0.5, 0.6) is 0 Å². The average Bonchev–Trinajstić information content (AvgIpc) is 2.24. The van der Waals surface area contributed by atoms with Gasteiger partial charge < -0.3 is 0 Å². The Balaban J connectivity index is 2.76. The van der Waals surface area contributed by atoms with Gasteiger partial charge >= 0.3 is 0 Å². The van der Waals surface area contributed by atoms with Gasteiger partial charge in [-0.3, -0.25) is 19.6 Å². The molecule has 1 heterocycles. The van der Waals surface area contributed by atoms with E-state index >= 15 is 0 Å². The van der Waals surface area contributed by atoms with Crippen LogP contribution in [-0.2, 0) is 9.59 Å². The highest BCUT2D eigenvalue weighted by Crippen LogP contribution is 2.25. The molecule has 0 spiro atoms. The first-order valence-electron chi connectivity index (χ1n) is 7.60.